The molecule has 1 aromatic rings. The van der Waals surface area contributed by atoms with E-state index >= 15 is 0 Å². The van der Waals surface area contributed by atoms with Crippen LogP contribution >= 0.6 is 12.5 Å². The Kier molecular flexibility index (Phi) is 5.26. The summed E-state index contributed by atoms with van der Waals surface area (Å²) in [6.45, 7) is 2.22. The predicted octanol–water partition coefficient (Wildman–Crippen LogP) is 1.09. The predicted molar refractivity (Wildman–Crippen MR) is 63.2 cm³/mol. The average molecular weight is 261 g/mol. The SMILES string of the molecule is CCCCCc1ccc(B(O)S)[se]1. The molecule has 1 aromatic heterocycles. The van der Waals surface area contributed by atoms with E-state index in [0.29, 0.717) is 14.5 Å². The van der Waals surface area contributed by atoms with Crippen LogP contribution in [0.3, 0.4) is 0 Å². The first-order chi connectivity index (χ1) is 6.24. The van der Waals surface area contributed by atoms with Gasteiger partial charge in [0, 0.05) is 0 Å². The summed E-state index contributed by atoms with van der Waals surface area (Å²) < 4.78 is 2.60. The summed E-state index contributed by atoms with van der Waals surface area (Å²) in [4.78, 5) is 0. The first-order valence-corrected chi connectivity index (χ1v) is 6.91. The molecule has 4 heteroatoms. The second-order valence-electron chi connectivity index (χ2n) is 3.13. The zero-order chi connectivity index (χ0) is 9.68. The van der Waals surface area contributed by atoms with Crippen LogP contribution in [-0.2, 0) is 6.42 Å². The van der Waals surface area contributed by atoms with Crippen molar-refractivity contribution in [3.8, 4) is 0 Å². The van der Waals surface area contributed by atoms with Crippen LogP contribution in [0.25, 0.3) is 0 Å². The molecule has 0 atom stereocenters. The van der Waals surface area contributed by atoms with Crippen molar-refractivity contribution < 1.29 is 5.02 Å². The van der Waals surface area contributed by atoms with Crippen LogP contribution < -0.4 is 4.34 Å². The molecule has 1 rings (SSSR count). The van der Waals surface area contributed by atoms with Crippen LogP contribution in [-0.4, -0.2) is 25.7 Å². The maximum atomic E-state index is 9.22. The molecule has 1 N–H and O–H groups in total. The van der Waals surface area contributed by atoms with Crippen molar-refractivity contribution in [3.05, 3.63) is 16.6 Å². The Morgan fingerprint density at radius 1 is 1.46 bits per heavy atom. The number of hydrogen-bond acceptors (Lipinski definition) is 2. The van der Waals surface area contributed by atoms with Crippen molar-refractivity contribution in [1.29, 1.82) is 0 Å². The quantitative estimate of drug-likeness (QED) is 0.462. The molecule has 13 heavy (non-hydrogen) atoms. The van der Waals surface area contributed by atoms with E-state index in [1.54, 1.807) is 0 Å². The third-order valence-corrected chi connectivity index (χ3v) is 5.15. The molecule has 0 fully saturated rings. The van der Waals surface area contributed by atoms with Crippen LogP contribution in [0.4, 0.5) is 0 Å². The molecule has 0 amide bonds. The fourth-order valence-corrected chi connectivity index (χ4v) is 3.52. The van der Waals surface area contributed by atoms with Gasteiger partial charge in [0.15, 0.2) is 0 Å². The van der Waals surface area contributed by atoms with E-state index in [1.165, 1.54) is 30.1 Å². The van der Waals surface area contributed by atoms with Gasteiger partial charge >= 0.3 is 91.7 Å². The maximum absolute atomic E-state index is 9.22. The molecular weight excluding hydrogens is 246 g/mol. The van der Waals surface area contributed by atoms with E-state index in [9.17, 15) is 5.02 Å². The molecule has 0 bridgehead atoms. The summed E-state index contributed by atoms with van der Waals surface area (Å²) in [5, 5.41) is 9.22. The van der Waals surface area contributed by atoms with Gasteiger partial charge in [-0.25, -0.2) is 0 Å². The molecule has 0 unspecified atom stereocenters. The van der Waals surface area contributed by atoms with Crippen LogP contribution in [0.2, 0.25) is 0 Å². The fourth-order valence-electron chi connectivity index (χ4n) is 1.22. The standard InChI is InChI=1S/C9H15BOSSe/c1-2-3-4-5-8-6-7-9(13-8)10(11)12/h6-7,11-12H,2-5H2,1H3. The minimum atomic E-state index is -0.542. The van der Waals surface area contributed by atoms with Crippen molar-refractivity contribution in [1.82, 2.24) is 0 Å². The van der Waals surface area contributed by atoms with Gasteiger partial charge in [-0.05, 0) is 0 Å². The summed E-state index contributed by atoms with van der Waals surface area (Å²) in [6, 6.07) is 4.18. The summed E-state index contributed by atoms with van der Waals surface area (Å²) in [7, 11) is 0. The Morgan fingerprint density at radius 3 is 2.77 bits per heavy atom. The molecule has 0 saturated carbocycles. The van der Waals surface area contributed by atoms with Crippen LogP contribution in [0, 0.1) is 0 Å². The summed E-state index contributed by atoms with van der Waals surface area (Å²) in [5.41, 5.74) is 0. The topological polar surface area (TPSA) is 20.2 Å². The second kappa shape index (κ2) is 5.97. The number of hydrogen-bond donors (Lipinski definition) is 2. The van der Waals surface area contributed by atoms with Crippen molar-refractivity contribution in [2.45, 2.75) is 32.6 Å². The van der Waals surface area contributed by atoms with E-state index in [0.717, 1.165) is 4.34 Å². The zero-order valence-electron chi connectivity index (χ0n) is 7.86. The monoisotopic (exact) mass is 262 g/mol. The number of rotatable bonds is 5. The summed E-state index contributed by atoms with van der Waals surface area (Å²) in [6.07, 6.45) is 4.53. The van der Waals surface area contributed by atoms with Gasteiger partial charge in [0.1, 0.15) is 0 Å². The molecule has 1 nitrogen and oxygen atoms in total. The van der Waals surface area contributed by atoms with Gasteiger partial charge in [-0.3, -0.25) is 0 Å². The fraction of sp³-hybridized carbons (Fsp3) is 0.556. The van der Waals surface area contributed by atoms with Crippen LogP contribution in [0.1, 0.15) is 30.6 Å². The third-order valence-electron chi connectivity index (χ3n) is 1.96. The Balaban J connectivity index is 2.40. The van der Waals surface area contributed by atoms with Gasteiger partial charge in [0.05, 0.1) is 0 Å². The van der Waals surface area contributed by atoms with Gasteiger partial charge < -0.3 is 0 Å². The first-order valence-electron chi connectivity index (χ1n) is 4.68. The number of thiol groups is 1. The van der Waals surface area contributed by atoms with Gasteiger partial charge in [-0.15, -0.1) is 0 Å². The second-order valence-corrected chi connectivity index (χ2v) is 6.14. The van der Waals surface area contributed by atoms with Gasteiger partial charge in [-0.2, -0.15) is 0 Å². The molecule has 0 aliphatic rings. The molecule has 0 radical (unpaired) electrons. The summed E-state index contributed by atoms with van der Waals surface area (Å²) >= 11 is 4.38. The molecular formula is C9H15BOSSe. The van der Waals surface area contributed by atoms with E-state index in [1.807, 2.05) is 6.07 Å². The molecule has 0 spiro atoms. The van der Waals surface area contributed by atoms with Gasteiger partial charge in [0.2, 0.25) is 0 Å². The molecule has 0 aromatic carbocycles. The normalized spacial score (nSPS) is 10.4. The van der Waals surface area contributed by atoms with Crippen LogP contribution in [0.5, 0.6) is 0 Å². The van der Waals surface area contributed by atoms with E-state index in [2.05, 4.69) is 25.5 Å². The molecule has 0 saturated heterocycles. The van der Waals surface area contributed by atoms with E-state index < -0.39 is 6.19 Å². The van der Waals surface area contributed by atoms with Gasteiger partial charge in [-0.1, -0.05) is 0 Å². The molecule has 0 aliphatic carbocycles. The van der Waals surface area contributed by atoms with E-state index in [-0.39, 0.29) is 0 Å². The Bertz CT molecular complexity index is 250. The van der Waals surface area contributed by atoms with Crippen molar-refractivity contribution in [2.75, 3.05) is 0 Å². The Labute approximate surface area is 91.7 Å². The van der Waals surface area contributed by atoms with Crippen molar-refractivity contribution in [2.24, 2.45) is 0 Å². The molecule has 1 heterocycles. The Morgan fingerprint density at radius 2 is 2.23 bits per heavy atom. The van der Waals surface area contributed by atoms with Gasteiger partial charge in [0.25, 0.3) is 0 Å². The molecule has 72 valence electrons. The average Bonchev–Trinajstić information content (AvgIpc) is 2.53. The number of unbranched alkanes of at least 4 members (excludes halogenated alkanes) is 2. The van der Waals surface area contributed by atoms with E-state index in [4.69, 9.17) is 0 Å². The molecule has 0 aliphatic heterocycles. The third kappa shape index (κ3) is 3.94. The number of aryl methyl sites for hydroxylation is 1. The summed E-state index contributed by atoms with van der Waals surface area (Å²) in [5.74, 6) is 0. The first kappa shape index (κ1) is 11.4. The van der Waals surface area contributed by atoms with Crippen molar-refractivity contribution >= 4 is 37.5 Å². The minimum absolute atomic E-state index is 0.370. The van der Waals surface area contributed by atoms with Crippen LogP contribution in [0.15, 0.2) is 12.1 Å². The Hall–Kier alpha value is 0.374. The zero-order valence-corrected chi connectivity index (χ0v) is 10.5. The van der Waals surface area contributed by atoms with Crippen molar-refractivity contribution in [3.63, 3.8) is 0 Å².